The van der Waals surface area contributed by atoms with Crippen LogP contribution in [0, 0.1) is 23.2 Å². The average molecular weight is 376 g/mol. The SMILES string of the molecule is C[C@@H](OC(=O)C12CC3CC(CC(C3)C1)C2)C(=O)NC(=O)NC1CCCCC1. The summed E-state index contributed by atoms with van der Waals surface area (Å²) in [5.41, 5.74) is -0.381. The molecule has 5 rings (SSSR count). The fourth-order valence-electron chi connectivity index (χ4n) is 6.38. The molecule has 6 nitrogen and oxygen atoms in total. The first-order valence-corrected chi connectivity index (χ1v) is 10.8. The van der Waals surface area contributed by atoms with Crippen LogP contribution in [0.3, 0.4) is 0 Å². The van der Waals surface area contributed by atoms with E-state index >= 15 is 0 Å². The fourth-order valence-corrected chi connectivity index (χ4v) is 6.38. The zero-order valence-corrected chi connectivity index (χ0v) is 16.3. The van der Waals surface area contributed by atoms with Gasteiger partial charge in [-0.3, -0.25) is 14.9 Å². The Labute approximate surface area is 161 Å². The second-order valence-corrected chi connectivity index (χ2v) is 9.54. The Morgan fingerprint density at radius 3 is 2.04 bits per heavy atom. The van der Waals surface area contributed by atoms with Crippen molar-refractivity contribution in [3.05, 3.63) is 0 Å². The highest BCUT2D eigenvalue weighted by molar-refractivity contribution is 5.97. The van der Waals surface area contributed by atoms with E-state index in [2.05, 4.69) is 10.6 Å². The van der Waals surface area contributed by atoms with Gasteiger partial charge in [-0.1, -0.05) is 19.3 Å². The van der Waals surface area contributed by atoms with Gasteiger partial charge >= 0.3 is 12.0 Å². The highest BCUT2D eigenvalue weighted by Crippen LogP contribution is 2.60. The molecule has 6 heteroatoms. The van der Waals surface area contributed by atoms with Gasteiger partial charge in [0.15, 0.2) is 6.10 Å². The van der Waals surface area contributed by atoms with Gasteiger partial charge in [-0.05, 0) is 76.0 Å². The molecule has 4 bridgehead atoms. The minimum Gasteiger partial charge on any atom is -0.452 e. The Hall–Kier alpha value is -1.59. The molecule has 5 aliphatic carbocycles. The number of imide groups is 1. The number of hydrogen-bond acceptors (Lipinski definition) is 4. The molecule has 0 saturated heterocycles. The summed E-state index contributed by atoms with van der Waals surface area (Å²) in [7, 11) is 0. The van der Waals surface area contributed by atoms with Crippen LogP contribution in [0.2, 0.25) is 0 Å². The maximum atomic E-state index is 12.9. The average Bonchev–Trinajstić information content (AvgIpc) is 2.61. The highest BCUT2D eigenvalue weighted by Gasteiger charge is 2.55. The van der Waals surface area contributed by atoms with Crippen LogP contribution in [0.15, 0.2) is 0 Å². The molecule has 0 heterocycles. The van der Waals surface area contributed by atoms with E-state index in [0.717, 1.165) is 44.9 Å². The van der Waals surface area contributed by atoms with E-state index in [0.29, 0.717) is 17.8 Å². The van der Waals surface area contributed by atoms with Gasteiger partial charge in [0.25, 0.3) is 5.91 Å². The van der Waals surface area contributed by atoms with E-state index in [1.807, 2.05) is 0 Å². The Morgan fingerprint density at radius 2 is 1.48 bits per heavy atom. The molecule has 0 aromatic rings. The van der Waals surface area contributed by atoms with Gasteiger partial charge in [0.1, 0.15) is 0 Å². The molecule has 0 aromatic heterocycles. The van der Waals surface area contributed by atoms with Crippen molar-refractivity contribution < 1.29 is 19.1 Å². The minimum atomic E-state index is -0.942. The van der Waals surface area contributed by atoms with Crippen LogP contribution in [0.5, 0.6) is 0 Å². The Bertz CT molecular complexity index is 576. The molecule has 0 unspecified atom stereocenters. The predicted molar refractivity (Wildman–Crippen MR) is 99.7 cm³/mol. The third-order valence-corrected chi connectivity index (χ3v) is 7.30. The van der Waals surface area contributed by atoms with Crippen molar-refractivity contribution in [1.29, 1.82) is 0 Å². The molecule has 1 atom stereocenters. The molecule has 5 aliphatic rings. The molecule has 0 spiro atoms. The highest BCUT2D eigenvalue weighted by atomic mass is 16.5. The van der Waals surface area contributed by atoms with Crippen molar-refractivity contribution in [2.45, 2.75) is 89.7 Å². The van der Waals surface area contributed by atoms with Crippen LogP contribution >= 0.6 is 0 Å². The number of esters is 1. The number of carbonyl (C=O) groups is 3. The van der Waals surface area contributed by atoms with Gasteiger partial charge in [0.2, 0.25) is 0 Å². The molecule has 0 aromatic carbocycles. The van der Waals surface area contributed by atoms with E-state index in [4.69, 9.17) is 4.74 Å². The molecule has 5 saturated carbocycles. The van der Waals surface area contributed by atoms with E-state index < -0.39 is 18.0 Å². The summed E-state index contributed by atoms with van der Waals surface area (Å²) in [6.07, 6.45) is 10.9. The lowest BCUT2D eigenvalue weighted by atomic mass is 9.49. The van der Waals surface area contributed by atoms with Gasteiger partial charge in [-0.25, -0.2) is 4.79 Å². The quantitative estimate of drug-likeness (QED) is 0.738. The zero-order chi connectivity index (χ0) is 19.0. The summed E-state index contributed by atoms with van der Waals surface area (Å²) in [6.45, 7) is 1.56. The number of rotatable bonds is 4. The molecule has 27 heavy (non-hydrogen) atoms. The Kier molecular flexibility index (Phi) is 5.17. The summed E-state index contributed by atoms with van der Waals surface area (Å²) < 4.78 is 5.56. The number of carbonyl (C=O) groups excluding carboxylic acids is 3. The van der Waals surface area contributed by atoms with Crippen molar-refractivity contribution in [3.63, 3.8) is 0 Å². The van der Waals surface area contributed by atoms with Crippen molar-refractivity contribution >= 4 is 17.9 Å². The zero-order valence-electron chi connectivity index (χ0n) is 16.3. The number of ether oxygens (including phenoxy) is 1. The largest absolute Gasteiger partial charge is 0.452 e. The van der Waals surface area contributed by atoms with Crippen molar-refractivity contribution in [2.24, 2.45) is 23.2 Å². The van der Waals surface area contributed by atoms with E-state index in [1.165, 1.54) is 25.7 Å². The Balaban J connectivity index is 1.28. The number of urea groups is 1. The predicted octanol–water partition coefficient (Wildman–Crippen LogP) is 3.29. The van der Waals surface area contributed by atoms with E-state index in [-0.39, 0.29) is 17.4 Å². The maximum Gasteiger partial charge on any atom is 0.321 e. The van der Waals surface area contributed by atoms with Crippen molar-refractivity contribution in [2.75, 3.05) is 0 Å². The molecule has 2 N–H and O–H groups in total. The van der Waals surface area contributed by atoms with Crippen molar-refractivity contribution in [3.8, 4) is 0 Å². The van der Waals surface area contributed by atoms with Gasteiger partial charge in [-0.2, -0.15) is 0 Å². The Morgan fingerprint density at radius 1 is 0.926 bits per heavy atom. The third kappa shape index (κ3) is 3.99. The fraction of sp³-hybridized carbons (Fsp3) is 0.857. The lowest BCUT2D eigenvalue weighted by molar-refractivity contribution is -0.178. The molecular formula is C21H32N2O4. The number of amides is 3. The van der Waals surface area contributed by atoms with Crippen LogP contribution < -0.4 is 10.6 Å². The topological polar surface area (TPSA) is 84.5 Å². The monoisotopic (exact) mass is 376 g/mol. The first-order valence-electron chi connectivity index (χ1n) is 10.8. The lowest BCUT2D eigenvalue weighted by Gasteiger charge is -2.55. The minimum absolute atomic E-state index is 0.136. The number of nitrogens with one attached hydrogen (secondary N) is 2. The molecule has 5 fully saturated rings. The third-order valence-electron chi connectivity index (χ3n) is 7.30. The molecule has 0 aliphatic heterocycles. The second-order valence-electron chi connectivity index (χ2n) is 9.54. The molecular weight excluding hydrogens is 344 g/mol. The normalized spacial score (nSPS) is 36.1. The lowest BCUT2D eigenvalue weighted by Crippen LogP contribution is -2.52. The maximum absolute atomic E-state index is 12.9. The second kappa shape index (κ2) is 7.44. The van der Waals surface area contributed by atoms with Gasteiger partial charge < -0.3 is 10.1 Å². The first-order chi connectivity index (χ1) is 12.9. The summed E-state index contributed by atoms with van der Waals surface area (Å²) in [5.74, 6) is 1.18. The molecule has 3 amide bonds. The standard InChI is InChI=1S/C21H32N2O4/c1-13(18(24)23-20(26)22-17-5-3-2-4-6-17)27-19(25)21-10-14-7-15(11-21)9-16(8-14)12-21/h13-17H,2-12H2,1H3,(H2,22,23,24,26)/t13-,14?,15?,16?,21?/m1/s1. The van der Waals surface area contributed by atoms with Crippen LogP contribution in [0.4, 0.5) is 4.79 Å². The van der Waals surface area contributed by atoms with Gasteiger partial charge in [-0.15, -0.1) is 0 Å². The first kappa shape index (κ1) is 18.8. The summed E-state index contributed by atoms with van der Waals surface area (Å²) in [6, 6.07) is -0.346. The van der Waals surface area contributed by atoms with Crippen LogP contribution in [-0.4, -0.2) is 30.1 Å². The smallest absolute Gasteiger partial charge is 0.321 e. The van der Waals surface area contributed by atoms with Crippen LogP contribution in [-0.2, 0) is 14.3 Å². The van der Waals surface area contributed by atoms with E-state index in [9.17, 15) is 14.4 Å². The molecule has 150 valence electrons. The molecule has 0 radical (unpaired) electrons. The van der Waals surface area contributed by atoms with Crippen molar-refractivity contribution in [1.82, 2.24) is 10.6 Å². The number of hydrogen-bond donors (Lipinski definition) is 2. The van der Waals surface area contributed by atoms with Crippen LogP contribution in [0.25, 0.3) is 0 Å². The van der Waals surface area contributed by atoms with Crippen LogP contribution in [0.1, 0.15) is 77.6 Å². The summed E-state index contributed by atoms with van der Waals surface area (Å²) in [5, 5.41) is 5.20. The van der Waals surface area contributed by atoms with E-state index in [1.54, 1.807) is 6.92 Å². The van der Waals surface area contributed by atoms with Gasteiger partial charge in [0, 0.05) is 6.04 Å². The van der Waals surface area contributed by atoms with Gasteiger partial charge in [0.05, 0.1) is 5.41 Å². The summed E-state index contributed by atoms with van der Waals surface area (Å²) >= 11 is 0. The summed E-state index contributed by atoms with van der Waals surface area (Å²) in [4.78, 5) is 37.3.